The molecule has 1 saturated heterocycles. The van der Waals surface area contributed by atoms with Gasteiger partial charge in [-0.25, -0.2) is 0 Å². The summed E-state index contributed by atoms with van der Waals surface area (Å²) < 4.78 is 9.88. The number of rotatable bonds is 4. The van der Waals surface area contributed by atoms with Gasteiger partial charge in [0.25, 0.3) is 0 Å². The zero-order chi connectivity index (χ0) is 12.6. The summed E-state index contributed by atoms with van der Waals surface area (Å²) in [6, 6.07) is 0. The molecule has 94 valence electrons. The van der Waals surface area contributed by atoms with Crippen molar-refractivity contribution in [2.45, 2.75) is 23.4 Å². The van der Waals surface area contributed by atoms with Crippen molar-refractivity contribution in [3.05, 3.63) is 0 Å². The second kappa shape index (κ2) is 4.33. The van der Waals surface area contributed by atoms with Gasteiger partial charge in [0.2, 0.25) is 0 Å². The van der Waals surface area contributed by atoms with Gasteiger partial charge in [0.05, 0.1) is 0 Å². The Hall–Kier alpha value is -1.03. The molecule has 2 heterocycles. The number of fused-ring (bicyclic) bond motifs is 1. The molecular weight excluding hydrogens is 287 g/mol. The summed E-state index contributed by atoms with van der Waals surface area (Å²) in [4.78, 5) is 23.5. The topological polar surface area (TPSA) is 68.2 Å². The van der Waals surface area contributed by atoms with Crippen LogP contribution in [0.4, 0.5) is 0 Å². The van der Waals surface area contributed by atoms with Crippen LogP contribution in [0.15, 0.2) is 5.10 Å². The maximum atomic E-state index is 11.9. The fourth-order valence-electron chi connectivity index (χ4n) is 1.89. The van der Waals surface area contributed by atoms with Crippen molar-refractivity contribution in [3.8, 4) is 0 Å². The van der Waals surface area contributed by atoms with E-state index in [0.717, 1.165) is 5.21 Å². The quantitative estimate of drug-likeness (QED) is 0.529. The first-order valence-electron chi connectivity index (χ1n) is 5.52. The van der Waals surface area contributed by atoms with E-state index in [4.69, 9.17) is 9.47 Å². The summed E-state index contributed by atoms with van der Waals surface area (Å²) in [6.45, 7) is 4.21. The predicted octanol–water partition coefficient (Wildman–Crippen LogP) is -0.260. The van der Waals surface area contributed by atoms with Crippen LogP contribution >= 0.6 is 0 Å². The van der Waals surface area contributed by atoms with Crippen molar-refractivity contribution < 1.29 is 19.1 Å². The molecule has 0 aliphatic carbocycles. The SMILES string of the molecule is CCOC(=O)C1=NN(C)C2(C(=O)OCC)C[As]12. The van der Waals surface area contributed by atoms with Crippen LogP contribution in [0.25, 0.3) is 0 Å². The van der Waals surface area contributed by atoms with Crippen LogP contribution < -0.4 is 0 Å². The normalized spacial score (nSPS) is 29.5. The van der Waals surface area contributed by atoms with Crippen molar-refractivity contribution in [1.29, 1.82) is 0 Å². The Labute approximate surface area is 104 Å². The molecular formula is C10H15AsN2O4. The van der Waals surface area contributed by atoms with Crippen LogP contribution in [-0.2, 0) is 19.1 Å². The molecule has 0 N–H and O–H groups in total. The molecule has 0 saturated carbocycles. The molecule has 2 unspecified atom stereocenters. The first-order chi connectivity index (χ1) is 8.07. The third kappa shape index (κ3) is 1.75. The molecule has 0 radical (unpaired) electrons. The number of ether oxygens (including phenoxy) is 2. The van der Waals surface area contributed by atoms with E-state index in [-0.39, 0.29) is 11.9 Å². The van der Waals surface area contributed by atoms with Crippen molar-refractivity contribution in [2.75, 3.05) is 20.3 Å². The van der Waals surface area contributed by atoms with Crippen LogP contribution in [-0.4, -0.2) is 60.7 Å². The molecule has 0 spiro atoms. The maximum absolute atomic E-state index is 11.9. The van der Waals surface area contributed by atoms with Gasteiger partial charge in [0, 0.05) is 0 Å². The molecule has 0 bridgehead atoms. The fourth-order valence-corrected chi connectivity index (χ4v) is 7.72. The van der Waals surface area contributed by atoms with E-state index in [1.54, 1.807) is 25.9 Å². The third-order valence-corrected chi connectivity index (χ3v) is 8.48. The first-order valence-corrected chi connectivity index (χ1v) is 8.72. The van der Waals surface area contributed by atoms with Crippen molar-refractivity contribution >= 4 is 31.1 Å². The van der Waals surface area contributed by atoms with E-state index in [0.29, 0.717) is 17.7 Å². The average molecular weight is 302 g/mol. The van der Waals surface area contributed by atoms with Gasteiger partial charge in [0.15, 0.2) is 0 Å². The summed E-state index contributed by atoms with van der Waals surface area (Å²) in [5.41, 5.74) is 0. The molecule has 0 aromatic heterocycles. The number of hydrogen-bond acceptors (Lipinski definition) is 6. The third-order valence-electron chi connectivity index (χ3n) is 2.82. The molecule has 2 aliphatic rings. The van der Waals surface area contributed by atoms with Gasteiger partial charge in [0.1, 0.15) is 0 Å². The molecule has 0 aromatic rings. The van der Waals surface area contributed by atoms with Crippen LogP contribution in [0.1, 0.15) is 13.8 Å². The molecule has 0 amide bonds. The zero-order valence-corrected chi connectivity index (χ0v) is 12.0. The van der Waals surface area contributed by atoms with Crippen LogP contribution in [0.2, 0.25) is 5.21 Å². The number of carbonyl (C=O) groups is 2. The molecule has 6 nitrogen and oxygen atoms in total. The Balaban J connectivity index is 2.12. The Morgan fingerprint density at radius 2 is 2.06 bits per heavy atom. The van der Waals surface area contributed by atoms with E-state index in [1.807, 2.05) is 0 Å². The van der Waals surface area contributed by atoms with E-state index >= 15 is 0 Å². The molecule has 0 aromatic carbocycles. The van der Waals surface area contributed by atoms with Gasteiger partial charge in [-0.3, -0.25) is 0 Å². The molecule has 2 atom stereocenters. The van der Waals surface area contributed by atoms with E-state index in [9.17, 15) is 9.59 Å². The number of hydrogen-bond donors (Lipinski definition) is 0. The van der Waals surface area contributed by atoms with Gasteiger partial charge < -0.3 is 0 Å². The van der Waals surface area contributed by atoms with Crippen LogP contribution in [0.3, 0.4) is 0 Å². The first kappa shape index (κ1) is 12.4. The molecule has 1 fully saturated rings. The predicted molar refractivity (Wildman–Crippen MR) is 61.8 cm³/mol. The Morgan fingerprint density at radius 3 is 2.59 bits per heavy atom. The van der Waals surface area contributed by atoms with Gasteiger partial charge >= 0.3 is 104 Å². The fraction of sp³-hybridized carbons (Fsp3) is 0.700. The number of hydrazone groups is 1. The number of likely N-dealkylation sites (N-methyl/N-ethyl adjacent to an activating group) is 1. The molecule has 2 rings (SSSR count). The molecule has 17 heavy (non-hydrogen) atoms. The summed E-state index contributed by atoms with van der Waals surface area (Å²) in [6.07, 6.45) is 0. The number of carbonyl (C=O) groups excluding carboxylic acids is 2. The van der Waals surface area contributed by atoms with Crippen LogP contribution in [0.5, 0.6) is 0 Å². The number of nitrogens with zero attached hydrogens (tertiary/aromatic N) is 2. The van der Waals surface area contributed by atoms with Gasteiger partial charge in [-0.2, -0.15) is 0 Å². The monoisotopic (exact) mass is 302 g/mol. The summed E-state index contributed by atoms with van der Waals surface area (Å²) in [5, 5.41) is 6.48. The van der Waals surface area contributed by atoms with Gasteiger partial charge in [-0.15, -0.1) is 0 Å². The standard InChI is InChI=1S/C10H15AsN2O4/c1-4-16-8(14)7-11-6-10(11,13(3)12-7)9(15)17-5-2/h4-6H2,1-3H3. The second-order valence-electron chi connectivity index (χ2n) is 3.79. The average Bonchev–Trinajstić information content (AvgIpc) is 2.96. The summed E-state index contributed by atoms with van der Waals surface area (Å²) in [7, 11) is 1.72. The summed E-state index contributed by atoms with van der Waals surface area (Å²) >= 11 is -1.72. The van der Waals surface area contributed by atoms with Crippen molar-refractivity contribution in [2.24, 2.45) is 5.10 Å². The van der Waals surface area contributed by atoms with E-state index in [1.165, 1.54) is 0 Å². The number of esters is 2. The summed E-state index contributed by atoms with van der Waals surface area (Å²) in [5.74, 6) is -0.617. The molecule has 7 heteroatoms. The van der Waals surface area contributed by atoms with Crippen molar-refractivity contribution in [1.82, 2.24) is 5.01 Å². The minimum absolute atomic E-state index is 0.245. The Bertz CT molecular complexity index is 398. The second-order valence-corrected chi connectivity index (χ2v) is 8.69. The van der Waals surface area contributed by atoms with Crippen LogP contribution in [0, 0.1) is 0 Å². The molecule has 2 aliphatic heterocycles. The zero-order valence-electron chi connectivity index (χ0n) is 10.1. The Morgan fingerprint density at radius 1 is 1.41 bits per heavy atom. The van der Waals surface area contributed by atoms with E-state index < -0.39 is 19.0 Å². The Kier molecular flexibility index (Phi) is 3.17. The van der Waals surface area contributed by atoms with Crippen molar-refractivity contribution in [3.63, 3.8) is 0 Å². The minimum atomic E-state index is -1.72. The van der Waals surface area contributed by atoms with Gasteiger partial charge in [-0.05, 0) is 0 Å². The van der Waals surface area contributed by atoms with Gasteiger partial charge in [-0.1, -0.05) is 0 Å². The van der Waals surface area contributed by atoms with E-state index in [2.05, 4.69) is 5.10 Å².